The third-order valence-electron chi connectivity index (χ3n) is 3.00. The summed E-state index contributed by atoms with van der Waals surface area (Å²) in [6.45, 7) is 3.52. The Hall–Kier alpha value is -1.89. The van der Waals surface area contributed by atoms with Gasteiger partial charge in [-0.15, -0.1) is 16.9 Å². The maximum atomic E-state index is 11.2. The zero-order valence-electron chi connectivity index (χ0n) is 11.6. The number of thioether (sulfide) groups is 1. The third kappa shape index (κ3) is 2.98. The second-order valence-corrected chi connectivity index (χ2v) is 5.96. The van der Waals surface area contributed by atoms with Crippen LogP contribution in [0.15, 0.2) is 29.2 Å². The minimum atomic E-state index is -0.927. The van der Waals surface area contributed by atoms with Crippen LogP contribution in [0.3, 0.4) is 0 Å². The first-order valence-corrected chi connectivity index (χ1v) is 7.30. The molecule has 0 radical (unpaired) electrons. The molecule has 0 aliphatic rings. The standard InChI is InChI=1S/C13H16N4O2S/c1-13(2,12(18)19)8-17-11(14-15-16-17)9-4-6-10(20-3)7-5-9/h4-7H,8H2,1-3H3,(H,18,19). The number of benzene rings is 1. The van der Waals surface area contributed by atoms with Gasteiger partial charge in [0, 0.05) is 10.5 Å². The fourth-order valence-corrected chi connectivity index (χ4v) is 2.11. The van der Waals surface area contributed by atoms with Crippen molar-refractivity contribution >= 4 is 17.7 Å². The highest BCUT2D eigenvalue weighted by Crippen LogP contribution is 2.24. The summed E-state index contributed by atoms with van der Waals surface area (Å²) in [6, 6.07) is 7.84. The predicted molar refractivity (Wildman–Crippen MR) is 76.5 cm³/mol. The normalized spacial score (nSPS) is 11.6. The lowest BCUT2D eigenvalue weighted by molar-refractivity contribution is -0.147. The van der Waals surface area contributed by atoms with Crippen LogP contribution in [-0.4, -0.2) is 37.5 Å². The zero-order chi connectivity index (χ0) is 14.8. The molecule has 0 unspecified atom stereocenters. The van der Waals surface area contributed by atoms with Crippen molar-refractivity contribution in [2.45, 2.75) is 25.3 Å². The molecule has 0 fully saturated rings. The molecule has 1 heterocycles. The molecule has 2 aromatic rings. The van der Waals surface area contributed by atoms with Gasteiger partial charge in [0.2, 0.25) is 0 Å². The quantitative estimate of drug-likeness (QED) is 0.851. The van der Waals surface area contributed by atoms with Crippen molar-refractivity contribution in [2.24, 2.45) is 5.41 Å². The Morgan fingerprint density at radius 2 is 2.00 bits per heavy atom. The molecule has 20 heavy (non-hydrogen) atoms. The van der Waals surface area contributed by atoms with Crippen molar-refractivity contribution in [3.63, 3.8) is 0 Å². The second kappa shape index (κ2) is 5.62. The first-order chi connectivity index (χ1) is 9.44. The molecule has 0 aliphatic heterocycles. The van der Waals surface area contributed by atoms with Crippen LogP contribution in [0.25, 0.3) is 11.4 Å². The van der Waals surface area contributed by atoms with Crippen LogP contribution < -0.4 is 0 Å². The van der Waals surface area contributed by atoms with Gasteiger partial charge in [0.05, 0.1) is 12.0 Å². The Labute approximate surface area is 121 Å². The van der Waals surface area contributed by atoms with E-state index in [1.807, 2.05) is 30.5 Å². The minimum absolute atomic E-state index is 0.217. The minimum Gasteiger partial charge on any atom is -0.481 e. The molecule has 6 nitrogen and oxygen atoms in total. The first kappa shape index (κ1) is 14.5. The van der Waals surface area contributed by atoms with E-state index in [2.05, 4.69) is 15.5 Å². The zero-order valence-corrected chi connectivity index (χ0v) is 12.4. The van der Waals surface area contributed by atoms with Crippen molar-refractivity contribution in [3.8, 4) is 11.4 Å². The Kier molecular flexibility index (Phi) is 4.08. The SMILES string of the molecule is CSc1ccc(-c2nnnn2CC(C)(C)C(=O)O)cc1. The smallest absolute Gasteiger partial charge is 0.310 e. The molecule has 7 heteroatoms. The molecule has 2 rings (SSSR count). The Morgan fingerprint density at radius 3 is 2.55 bits per heavy atom. The van der Waals surface area contributed by atoms with Gasteiger partial charge in [0.1, 0.15) is 0 Å². The lowest BCUT2D eigenvalue weighted by Crippen LogP contribution is -2.30. The molecule has 106 valence electrons. The van der Waals surface area contributed by atoms with E-state index >= 15 is 0 Å². The van der Waals surface area contributed by atoms with E-state index < -0.39 is 11.4 Å². The molecule has 1 aromatic carbocycles. The van der Waals surface area contributed by atoms with Gasteiger partial charge < -0.3 is 5.11 Å². The van der Waals surface area contributed by atoms with E-state index in [0.717, 1.165) is 10.5 Å². The fraction of sp³-hybridized carbons (Fsp3) is 0.385. The van der Waals surface area contributed by atoms with Gasteiger partial charge in [-0.2, -0.15) is 0 Å². The highest BCUT2D eigenvalue weighted by molar-refractivity contribution is 7.98. The van der Waals surface area contributed by atoms with Crippen molar-refractivity contribution in [3.05, 3.63) is 24.3 Å². The number of aromatic nitrogens is 4. The molecule has 1 aromatic heterocycles. The first-order valence-electron chi connectivity index (χ1n) is 6.08. The number of hydrogen-bond donors (Lipinski definition) is 1. The summed E-state index contributed by atoms with van der Waals surface area (Å²) in [7, 11) is 0. The Balaban J connectivity index is 2.30. The lowest BCUT2D eigenvalue weighted by atomic mass is 9.94. The van der Waals surface area contributed by atoms with Crippen LogP contribution in [0.1, 0.15) is 13.8 Å². The molecule has 0 atom stereocenters. The predicted octanol–water partition coefficient (Wildman–Crippen LogP) is 2.17. The van der Waals surface area contributed by atoms with Crippen LogP contribution in [-0.2, 0) is 11.3 Å². The van der Waals surface area contributed by atoms with Gasteiger partial charge in [0.15, 0.2) is 5.82 Å². The van der Waals surface area contributed by atoms with E-state index in [9.17, 15) is 9.90 Å². The van der Waals surface area contributed by atoms with Crippen LogP contribution >= 0.6 is 11.8 Å². The molecule has 0 amide bonds. The average molecular weight is 292 g/mol. The van der Waals surface area contributed by atoms with Crippen molar-refractivity contribution in [1.82, 2.24) is 20.2 Å². The molecule has 1 N–H and O–H groups in total. The van der Waals surface area contributed by atoms with Crippen molar-refractivity contribution < 1.29 is 9.90 Å². The number of aliphatic carboxylic acids is 1. The molecule has 0 saturated carbocycles. The second-order valence-electron chi connectivity index (χ2n) is 5.08. The maximum Gasteiger partial charge on any atom is 0.310 e. The molecule has 0 saturated heterocycles. The maximum absolute atomic E-state index is 11.2. The molecule has 0 aliphatic carbocycles. The Bertz CT molecular complexity index is 607. The number of carbonyl (C=O) groups is 1. The summed E-state index contributed by atoms with van der Waals surface area (Å²) in [5.41, 5.74) is -0.0578. The molecule has 0 bridgehead atoms. The fourth-order valence-electron chi connectivity index (χ4n) is 1.70. The summed E-state index contributed by atoms with van der Waals surface area (Å²) in [4.78, 5) is 12.3. The highest BCUT2D eigenvalue weighted by atomic mass is 32.2. The summed E-state index contributed by atoms with van der Waals surface area (Å²) < 4.78 is 1.53. The number of carboxylic acid groups (broad SMARTS) is 1. The van der Waals surface area contributed by atoms with Crippen LogP contribution in [0.5, 0.6) is 0 Å². The number of carboxylic acids is 1. The number of hydrogen-bond acceptors (Lipinski definition) is 5. The van der Waals surface area contributed by atoms with E-state index in [-0.39, 0.29) is 6.54 Å². The van der Waals surface area contributed by atoms with E-state index in [4.69, 9.17) is 0 Å². The number of tetrazole rings is 1. The van der Waals surface area contributed by atoms with Crippen LogP contribution in [0.4, 0.5) is 0 Å². The summed E-state index contributed by atoms with van der Waals surface area (Å²) in [5.74, 6) is -0.302. The van der Waals surface area contributed by atoms with E-state index in [1.165, 1.54) is 4.68 Å². The summed E-state index contributed by atoms with van der Waals surface area (Å²) in [5, 5.41) is 20.7. The van der Waals surface area contributed by atoms with Crippen LogP contribution in [0, 0.1) is 5.41 Å². The van der Waals surface area contributed by atoms with E-state index in [0.29, 0.717) is 5.82 Å². The Morgan fingerprint density at radius 1 is 1.35 bits per heavy atom. The van der Waals surface area contributed by atoms with Crippen molar-refractivity contribution in [1.29, 1.82) is 0 Å². The van der Waals surface area contributed by atoms with Crippen LogP contribution in [0.2, 0.25) is 0 Å². The topological polar surface area (TPSA) is 80.9 Å². The third-order valence-corrected chi connectivity index (χ3v) is 3.75. The molecule has 0 spiro atoms. The monoisotopic (exact) mass is 292 g/mol. The van der Waals surface area contributed by atoms with Gasteiger partial charge in [-0.1, -0.05) is 12.1 Å². The van der Waals surface area contributed by atoms with E-state index in [1.54, 1.807) is 25.6 Å². The highest BCUT2D eigenvalue weighted by Gasteiger charge is 2.29. The van der Waals surface area contributed by atoms with Gasteiger partial charge in [-0.3, -0.25) is 4.79 Å². The lowest BCUT2D eigenvalue weighted by Gasteiger charge is -2.19. The van der Waals surface area contributed by atoms with Gasteiger partial charge in [0.25, 0.3) is 0 Å². The average Bonchev–Trinajstić information content (AvgIpc) is 2.86. The number of rotatable bonds is 5. The van der Waals surface area contributed by atoms with Gasteiger partial charge >= 0.3 is 5.97 Å². The van der Waals surface area contributed by atoms with Crippen molar-refractivity contribution in [2.75, 3.05) is 6.26 Å². The molecular weight excluding hydrogens is 276 g/mol. The molecular formula is C13H16N4O2S. The summed E-state index contributed by atoms with van der Waals surface area (Å²) in [6.07, 6.45) is 2.01. The largest absolute Gasteiger partial charge is 0.481 e. The number of nitrogens with zero attached hydrogens (tertiary/aromatic N) is 4. The summed E-state index contributed by atoms with van der Waals surface area (Å²) >= 11 is 1.66. The van der Waals surface area contributed by atoms with Gasteiger partial charge in [-0.25, -0.2) is 4.68 Å². The van der Waals surface area contributed by atoms with Gasteiger partial charge in [-0.05, 0) is 42.7 Å².